The third kappa shape index (κ3) is 2.64. The number of rotatable bonds is 4. The van der Waals surface area contributed by atoms with Crippen molar-refractivity contribution in [2.75, 3.05) is 31.9 Å². The Morgan fingerprint density at radius 1 is 1.38 bits per heavy atom. The van der Waals surface area contributed by atoms with E-state index in [9.17, 15) is 13.2 Å². The summed E-state index contributed by atoms with van der Waals surface area (Å²) in [5.41, 5.74) is -0.413. The first-order valence-electron chi connectivity index (χ1n) is 8.45. The fraction of sp³-hybridized carbons (Fsp3) is 0.562. The summed E-state index contributed by atoms with van der Waals surface area (Å²) in [6, 6.07) is 3.28. The molecule has 4 heterocycles. The van der Waals surface area contributed by atoms with Gasteiger partial charge in [0.05, 0.1) is 17.9 Å². The number of aromatic nitrogens is 2. The highest BCUT2D eigenvalue weighted by molar-refractivity contribution is 7.89. The minimum absolute atomic E-state index is 0.0354. The molecule has 2 aromatic rings. The Morgan fingerprint density at radius 3 is 2.73 bits per heavy atom. The number of sulfonamides is 1. The van der Waals surface area contributed by atoms with Crippen molar-refractivity contribution in [2.45, 2.75) is 19.8 Å². The van der Waals surface area contributed by atoms with E-state index in [0.29, 0.717) is 37.9 Å². The van der Waals surface area contributed by atoms with Gasteiger partial charge < -0.3 is 13.8 Å². The van der Waals surface area contributed by atoms with Crippen molar-refractivity contribution in [1.29, 1.82) is 0 Å². The van der Waals surface area contributed by atoms with Gasteiger partial charge in [0.25, 0.3) is 5.91 Å². The first kappa shape index (κ1) is 17.2. The third-order valence-corrected chi connectivity index (χ3v) is 7.04. The first-order chi connectivity index (χ1) is 12.3. The average Bonchev–Trinajstić information content (AvgIpc) is 3.31. The molecule has 4 rings (SSSR count). The monoisotopic (exact) mass is 380 g/mol. The molecule has 140 valence electrons. The summed E-state index contributed by atoms with van der Waals surface area (Å²) in [4.78, 5) is 18.4. The number of carbonyl (C=O) groups is 1. The quantitative estimate of drug-likeness (QED) is 0.774. The van der Waals surface area contributed by atoms with Crippen LogP contribution in [0.3, 0.4) is 0 Å². The second-order valence-corrected chi connectivity index (χ2v) is 9.18. The van der Waals surface area contributed by atoms with Crippen LogP contribution in [0.25, 0.3) is 0 Å². The summed E-state index contributed by atoms with van der Waals surface area (Å²) in [6.07, 6.45) is 1.46. The molecule has 2 aliphatic rings. The van der Waals surface area contributed by atoms with Crippen molar-refractivity contribution in [3.63, 3.8) is 0 Å². The van der Waals surface area contributed by atoms with E-state index in [1.807, 2.05) is 0 Å². The van der Waals surface area contributed by atoms with E-state index >= 15 is 0 Å². The first-order valence-corrected chi connectivity index (χ1v) is 10.1. The maximum Gasteiger partial charge on any atom is 0.289 e. The topological polar surface area (TPSA) is 110 Å². The van der Waals surface area contributed by atoms with E-state index in [4.69, 9.17) is 8.94 Å². The summed E-state index contributed by atoms with van der Waals surface area (Å²) in [7, 11) is -3.34. The second kappa shape index (κ2) is 5.92. The van der Waals surface area contributed by atoms with E-state index in [0.717, 1.165) is 0 Å². The average molecular weight is 380 g/mol. The summed E-state index contributed by atoms with van der Waals surface area (Å²) in [5.74, 6) is 0.828. The number of amides is 1. The molecule has 26 heavy (non-hydrogen) atoms. The Kier molecular flexibility index (Phi) is 3.92. The largest absolute Gasteiger partial charge is 0.459 e. The van der Waals surface area contributed by atoms with Gasteiger partial charge in [-0.3, -0.25) is 4.79 Å². The Labute approximate surface area is 151 Å². The molecule has 0 saturated carbocycles. The maximum atomic E-state index is 12.5. The molecule has 0 aromatic carbocycles. The number of hydrogen-bond acceptors (Lipinski definition) is 7. The fourth-order valence-corrected chi connectivity index (χ4v) is 5.04. The molecule has 0 radical (unpaired) electrons. The molecule has 0 bridgehead atoms. The molecule has 1 spiro atoms. The van der Waals surface area contributed by atoms with Gasteiger partial charge >= 0.3 is 0 Å². The van der Waals surface area contributed by atoms with Gasteiger partial charge in [0.2, 0.25) is 15.9 Å². The lowest BCUT2D eigenvalue weighted by molar-refractivity contribution is -0.000847. The third-order valence-electron chi connectivity index (χ3n) is 5.25. The number of furan rings is 1. The summed E-state index contributed by atoms with van der Waals surface area (Å²) in [5, 5.41) is 3.84. The second-order valence-electron chi connectivity index (χ2n) is 6.93. The predicted molar refractivity (Wildman–Crippen MR) is 89.9 cm³/mol. The highest BCUT2D eigenvalue weighted by Gasteiger charge is 2.59. The number of carbonyl (C=O) groups excluding carboxylic acids is 1. The molecule has 1 atom stereocenters. The van der Waals surface area contributed by atoms with Gasteiger partial charge in [0, 0.05) is 31.6 Å². The molecule has 0 N–H and O–H groups in total. The normalized spacial score (nSPS) is 22.7. The van der Waals surface area contributed by atoms with Crippen LogP contribution in [-0.4, -0.2) is 65.6 Å². The van der Waals surface area contributed by atoms with Gasteiger partial charge in [-0.15, -0.1) is 0 Å². The summed E-state index contributed by atoms with van der Waals surface area (Å²) < 4.78 is 36.7. The van der Waals surface area contributed by atoms with Crippen LogP contribution in [0.4, 0.5) is 0 Å². The molecule has 1 amide bonds. The molecule has 2 fully saturated rings. The van der Waals surface area contributed by atoms with Crippen molar-refractivity contribution in [2.24, 2.45) is 5.41 Å². The molecule has 0 aliphatic carbocycles. The lowest BCUT2D eigenvalue weighted by atomic mass is 9.71. The zero-order valence-corrected chi connectivity index (χ0v) is 15.4. The molecule has 9 nitrogen and oxygen atoms in total. The van der Waals surface area contributed by atoms with Crippen molar-refractivity contribution >= 4 is 15.9 Å². The van der Waals surface area contributed by atoms with Gasteiger partial charge in [-0.1, -0.05) is 5.16 Å². The van der Waals surface area contributed by atoms with Crippen LogP contribution >= 0.6 is 0 Å². The van der Waals surface area contributed by atoms with E-state index in [-0.39, 0.29) is 23.3 Å². The molecule has 1 unspecified atom stereocenters. The van der Waals surface area contributed by atoms with E-state index in [1.54, 1.807) is 30.9 Å². The lowest BCUT2D eigenvalue weighted by Gasteiger charge is -2.49. The summed E-state index contributed by atoms with van der Waals surface area (Å²) >= 11 is 0. The van der Waals surface area contributed by atoms with E-state index < -0.39 is 15.4 Å². The van der Waals surface area contributed by atoms with Gasteiger partial charge in [-0.2, -0.15) is 4.98 Å². The molecular formula is C16H20N4O5S. The van der Waals surface area contributed by atoms with Crippen LogP contribution in [0.1, 0.15) is 35.1 Å². The van der Waals surface area contributed by atoms with Crippen molar-refractivity contribution in [3.8, 4) is 0 Å². The van der Waals surface area contributed by atoms with Crippen molar-refractivity contribution in [1.82, 2.24) is 19.3 Å². The lowest BCUT2D eigenvalue weighted by Crippen LogP contribution is -2.61. The van der Waals surface area contributed by atoms with Gasteiger partial charge in [-0.05, 0) is 26.0 Å². The predicted octanol–water partition coefficient (Wildman–Crippen LogP) is 0.862. The number of nitrogens with zero attached hydrogens (tertiary/aromatic N) is 4. The highest BCUT2D eigenvalue weighted by Crippen LogP contribution is 2.49. The zero-order chi connectivity index (χ0) is 18.5. The number of aryl methyl sites for hydroxylation is 1. The maximum absolute atomic E-state index is 12.5. The minimum Gasteiger partial charge on any atom is -0.459 e. The number of likely N-dealkylation sites (tertiary alicyclic amines) is 1. The van der Waals surface area contributed by atoms with E-state index in [2.05, 4.69) is 10.1 Å². The van der Waals surface area contributed by atoms with Crippen LogP contribution in [-0.2, 0) is 10.0 Å². The summed E-state index contributed by atoms with van der Waals surface area (Å²) in [6.45, 7) is 4.84. The van der Waals surface area contributed by atoms with Crippen LogP contribution in [0.2, 0.25) is 0 Å². The molecule has 2 saturated heterocycles. The highest BCUT2D eigenvalue weighted by atomic mass is 32.2. The van der Waals surface area contributed by atoms with Crippen molar-refractivity contribution in [3.05, 3.63) is 35.9 Å². The Morgan fingerprint density at radius 2 is 2.15 bits per heavy atom. The van der Waals surface area contributed by atoms with Crippen LogP contribution in [0.5, 0.6) is 0 Å². The SMILES string of the molecule is CCS(=O)(=O)N1CC(c2nc(C)no2)C2(CN(C(=O)c3ccco3)C2)C1. The van der Waals surface area contributed by atoms with Crippen LogP contribution in [0, 0.1) is 12.3 Å². The Balaban J connectivity index is 1.59. The molecular weight excluding hydrogens is 360 g/mol. The van der Waals surface area contributed by atoms with Gasteiger partial charge in [0.1, 0.15) is 0 Å². The number of hydrogen-bond donors (Lipinski definition) is 0. The Hall–Kier alpha value is -2.20. The van der Waals surface area contributed by atoms with Crippen LogP contribution < -0.4 is 0 Å². The van der Waals surface area contributed by atoms with Gasteiger partial charge in [0.15, 0.2) is 11.6 Å². The molecule has 10 heteroatoms. The fourth-order valence-electron chi connectivity index (χ4n) is 3.85. The minimum atomic E-state index is -3.34. The smallest absolute Gasteiger partial charge is 0.289 e. The van der Waals surface area contributed by atoms with Gasteiger partial charge in [-0.25, -0.2) is 12.7 Å². The molecule has 2 aliphatic heterocycles. The standard InChI is InChI=1S/C16H20N4O5S/c1-3-26(22,23)20-7-12(14-17-11(2)18-25-14)16(10-20)8-19(9-16)15(21)13-5-4-6-24-13/h4-6,12H,3,7-10H2,1-2H3. The van der Waals surface area contributed by atoms with Crippen LogP contribution in [0.15, 0.2) is 27.3 Å². The van der Waals surface area contributed by atoms with E-state index in [1.165, 1.54) is 10.6 Å². The molecule has 2 aromatic heterocycles. The zero-order valence-electron chi connectivity index (χ0n) is 14.6. The van der Waals surface area contributed by atoms with Crippen molar-refractivity contribution < 1.29 is 22.2 Å². The Bertz CT molecular complexity index is 914.